The van der Waals surface area contributed by atoms with Gasteiger partial charge in [0.2, 0.25) is 0 Å². The van der Waals surface area contributed by atoms with Crippen molar-refractivity contribution in [3.8, 4) is 6.07 Å². The summed E-state index contributed by atoms with van der Waals surface area (Å²) < 4.78 is 0. The molecule has 1 fully saturated rings. The zero-order valence-corrected chi connectivity index (χ0v) is 9.26. The van der Waals surface area contributed by atoms with E-state index in [0.717, 1.165) is 31.9 Å². The molecule has 0 aromatic carbocycles. The maximum atomic E-state index is 8.84. The van der Waals surface area contributed by atoms with Gasteiger partial charge in [-0.15, -0.1) is 0 Å². The van der Waals surface area contributed by atoms with Crippen LogP contribution in [0, 0.1) is 17.2 Å². The van der Waals surface area contributed by atoms with Gasteiger partial charge >= 0.3 is 0 Å². The molecule has 84 valence electrons. The van der Waals surface area contributed by atoms with Gasteiger partial charge in [0.15, 0.2) is 0 Å². The lowest BCUT2D eigenvalue weighted by Crippen LogP contribution is -2.38. The van der Waals surface area contributed by atoms with Crippen molar-refractivity contribution in [1.29, 1.82) is 5.26 Å². The number of nitrogens with two attached hydrogens (primary N) is 1. The van der Waals surface area contributed by atoms with Crippen LogP contribution in [0.5, 0.6) is 0 Å². The second kappa shape index (κ2) is 4.95. The first-order valence-electron chi connectivity index (χ1n) is 5.64. The molecule has 0 unspecified atom stereocenters. The van der Waals surface area contributed by atoms with Gasteiger partial charge in [0.05, 0.1) is 11.6 Å². The molecule has 16 heavy (non-hydrogen) atoms. The minimum Gasteiger partial charge on any atom is -0.356 e. The number of nitriles is 1. The lowest BCUT2D eigenvalue weighted by atomic mass is 9.98. The summed E-state index contributed by atoms with van der Waals surface area (Å²) in [6.07, 6.45) is 4.05. The van der Waals surface area contributed by atoms with Gasteiger partial charge in [-0.2, -0.15) is 5.26 Å². The van der Waals surface area contributed by atoms with E-state index < -0.39 is 0 Å². The molecule has 1 aromatic rings. The van der Waals surface area contributed by atoms with Gasteiger partial charge in [-0.3, -0.25) is 0 Å². The number of rotatable bonds is 2. The van der Waals surface area contributed by atoms with Crippen LogP contribution < -0.4 is 10.6 Å². The van der Waals surface area contributed by atoms with E-state index in [9.17, 15) is 0 Å². The quantitative estimate of drug-likeness (QED) is 0.804. The molecule has 0 amide bonds. The Labute approximate surface area is 95.7 Å². The fraction of sp³-hybridized carbons (Fsp3) is 0.500. The largest absolute Gasteiger partial charge is 0.356 e. The van der Waals surface area contributed by atoms with E-state index in [0.29, 0.717) is 11.5 Å². The molecule has 2 rings (SSSR count). The van der Waals surface area contributed by atoms with E-state index in [1.54, 1.807) is 12.3 Å². The third kappa shape index (κ3) is 2.31. The third-order valence-electron chi connectivity index (χ3n) is 3.05. The third-order valence-corrected chi connectivity index (χ3v) is 3.05. The van der Waals surface area contributed by atoms with Crippen LogP contribution in [-0.2, 0) is 0 Å². The Bertz CT molecular complexity index is 396. The summed E-state index contributed by atoms with van der Waals surface area (Å²) in [5, 5.41) is 8.84. The Morgan fingerprint density at radius 1 is 1.62 bits per heavy atom. The first kappa shape index (κ1) is 10.9. The summed E-state index contributed by atoms with van der Waals surface area (Å²) in [5.74, 6) is 1.46. The minimum atomic E-state index is 0.557. The average Bonchev–Trinajstić information content (AvgIpc) is 2.39. The molecule has 2 heterocycles. The average molecular weight is 216 g/mol. The number of nitrogens with zero attached hydrogens (tertiary/aromatic N) is 3. The van der Waals surface area contributed by atoms with E-state index in [1.165, 1.54) is 6.42 Å². The van der Waals surface area contributed by atoms with Crippen LogP contribution in [0.3, 0.4) is 0 Å². The van der Waals surface area contributed by atoms with Crippen molar-refractivity contribution in [2.75, 3.05) is 24.5 Å². The number of hydrogen-bond donors (Lipinski definition) is 1. The van der Waals surface area contributed by atoms with Gasteiger partial charge in [-0.1, -0.05) is 0 Å². The first-order valence-corrected chi connectivity index (χ1v) is 5.64. The molecule has 1 aliphatic rings. The zero-order valence-electron chi connectivity index (χ0n) is 9.26. The van der Waals surface area contributed by atoms with E-state index in [1.807, 2.05) is 6.07 Å². The van der Waals surface area contributed by atoms with Gasteiger partial charge in [0.25, 0.3) is 0 Å². The van der Waals surface area contributed by atoms with E-state index >= 15 is 0 Å². The lowest BCUT2D eigenvalue weighted by Gasteiger charge is -2.33. The zero-order chi connectivity index (χ0) is 11.4. The first-order chi connectivity index (χ1) is 7.83. The van der Waals surface area contributed by atoms with E-state index in [2.05, 4.69) is 16.0 Å². The van der Waals surface area contributed by atoms with Crippen molar-refractivity contribution in [2.24, 2.45) is 11.7 Å². The monoisotopic (exact) mass is 216 g/mol. The predicted octanol–water partition coefficient (Wildman–Crippen LogP) is 1.13. The topological polar surface area (TPSA) is 65.9 Å². The van der Waals surface area contributed by atoms with Crippen molar-refractivity contribution in [3.05, 3.63) is 23.9 Å². The van der Waals surface area contributed by atoms with Crippen molar-refractivity contribution >= 4 is 5.82 Å². The highest BCUT2D eigenvalue weighted by molar-refractivity contribution is 5.45. The Kier molecular flexibility index (Phi) is 3.37. The minimum absolute atomic E-state index is 0.557. The number of anilines is 1. The van der Waals surface area contributed by atoms with Crippen LogP contribution in [0.25, 0.3) is 0 Å². The van der Waals surface area contributed by atoms with Crippen molar-refractivity contribution in [1.82, 2.24) is 4.98 Å². The molecule has 1 aliphatic heterocycles. The Morgan fingerprint density at radius 2 is 2.50 bits per heavy atom. The fourth-order valence-corrected chi connectivity index (χ4v) is 2.13. The number of aromatic nitrogens is 1. The summed E-state index contributed by atoms with van der Waals surface area (Å²) in [7, 11) is 0. The molecule has 0 radical (unpaired) electrons. The summed E-state index contributed by atoms with van der Waals surface area (Å²) >= 11 is 0. The molecule has 2 N–H and O–H groups in total. The summed E-state index contributed by atoms with van der Waals surface area (Å²) in [5.41, 5.74) is 6.37. The van der Waals surface area contributed by atoms with E-state index in [4.69, 9.17) is 11.0 Å². The highest BCUT2D eigenvalue weighted by atomic mass is 15.2. The van der Waals surface area contributed by atoms with Gasteiger partial charge in [0.1, 0.15) is 5.82 Å². The van der Waals surface area contributed by atoms with Crippen molar-refractivity contribution in [2.45, 2.75) is 12.8 Å². The van der Waals surface area contributed by atoms with Gasteiger partial charge in [-0.25, -0.2) is 4.98 Å². The molecule has 1 saturated heterocycles. The van der Waals surface area contributed by atoms with Crippen LogP contribution in [-0.4, -0.2) is 24.6 Å². The summed E-state index contributed by atoms with van der Waals surface area (Å²) in [4.78, 5) is 6.54. The highest BCUT2D eigenvalue weighted by Gasteiger charge is 2.19. The normalized spacial score (nSPS) is 20.5. The lowest BCUT2D eigenvalue weighted by molar-refractivity contribution is 0.421. The molecule has 4 nitrogen and oxygen atoms in total. The molecule has 1 aromatic heterocycles. The van der Waals surface area contributed by atoms with Gasteiger partial charge in [0, 0.05) is 19.3 Å². The Morgan fingerprint density at radius 3 is 3.25 bits per heavy atom. The number of piperidine rings is 1. The molecule has 0 aliphatic carbocycles. The van der Waals surface area contributed by atoms with Crippen molar-refractivity contribution in [3.63, 3.8) is 0 Å². The summed E-state index contributed by atoms with van der Waals surface area (Å²) in [6, 6.07) is 5.72. The maximum Gasteiger partial charge on any atom is 0.129 e. The Hall–Kier alpha value is -1.60. The van der Waals surface area contributed by atoms with Crippen LogP contribution in [0.4, 0.5) is 5.82 Å². The Balaban J connectivity index is 2.14. The molecule has 0 spiro atoms. The fourth-order valence-electron chi connectivity index (χ4n) is 2.13. The summed E-state index contributed by atoms with van der Waals surface area (Å²) in [6.45, 7) is 2.70. The molecular weight excluding hydrogens is 200 g/mol. The second-order valence-corrected chi connectivity index (χ2v) is 4.20. The van der Waals surface area contributed by atoms with E-state index in [-0.39, 0.29) is 0 Å². The standard InChI is InChI=1S/C12H16N4/c13-7-10-3-4-15-12(6-10)16-5-1-2-11(8-14)9-16/h3-4,6,11H,1-2,5,8-9,14H2/t11-/m0/s1. The molecule has 0 bridgehead atoms. The maximum absolute atomic E-state index is 8.84. The smallest absolute Gasteiger partial charge is 0.129 e. The number of hydrogen-bond acceptors (Lipinski definition) is 4. The van der Waals surface area contributed by atoms with Crippen LogP contribution in [0.15, 0.2) is 18.3 Å². The number of pyridine rings is 1. The molecule has 1 atom stereocenters. The molecule has 0 saturated carbocycles. The highest BCUT2D eigenvalue weighted by Crippen LogP contribution is 2.21. The van der Waals surface area contributed by atoms with Crippen LogP contribution >= 0.6 is 0 Å². The molecule has 4 heteroatoms. The second-order valence-electron chi connectivity index (χ2n) is 4.20. The molecular formula is C12H16N4. The predicted molar refractivity (Wildman–Crippen MR) is 62.9 cm³/mol. The SMILES string of the molecule is N#Cc1ccnc(N2CCC[C@@H](CN)C2)c1. The van der Waals surface area contributed by atoms with Crippen LogP contribution in [0.1, 0.15) is 18.4 Å². The van der Waals surface area contributed by atoms with Gasteiger partial charge in [-0.05, 0) is 37.4 Å². The van der Waals surface area contributed by atoms with Crippen LogP contribution in [0.2, 0.25) is 0 Å². The van der Waals surface area contributed by atoms with Gasteiger partial charge < -0.3 is 10.6 Å². The van der Waals surface area contributed by atoms with Crippen molar-refractivity contribution < 1.29 is 0 Å².